The number of carbonyl (C=O) groups is 1. The zero-order chi connectivity index (χ0) is 11.4. The summed E-state index contributed by atoms with van der Waals surface area (Å²) in [5, 5.41) is 1.04. The third kappa shape index (κ3) is 3.20. The Kier molecular flexibility index (Phi) is 5.09. The normalized spacial score (nSPS) is 10.1. The lowest BCUT2D eigenvalue weighted by atomic mass is 10.1. The van der Waals surface area contributed by atoms with Gasteiger partial charge in [0, 0.05) is 9.80 Å². The second-order valence-corrected chi connectivity index (χ2v) is 4.60. The second kappa shape index (κ2) is 5.87. The molecule has 0 amide bonds. The molecule has 0 aromatic heterocycles. The Morgan fingerprint density at radius 1 is 1.53 bits per heavy atom. The van der Waals surface area contributed by atoms with Gasteiger partial charge in [-0.2, -0.15) is 0 Å². The molecule has 0 saturated carbocycles. The van der Waals surface area contributed by atoms with E-state index in [0.717, 1.165) is 10.0 Å². The highest BCUT2D eigenvalue weighted by atomic mass is 79.9. The molecule has 0 radical (unpaired) electrons. The molecule has 0 fully saturated rings. The molecule has 0 spiro atoms. The number of carbonyl (C=O) groups excluding carboxylic acids is 1. The fraction of sp³-hybridized carbons (Fsp3) is 0.300. The van der Waals surface area contributed by atoms with Crippen molar-refractivity contribution in [3.63, 3.8) is 0 Å². The van der Waals surface area contributed by atoms with Gasteiger partial charge in [0.2, 0.25) is 0 Å². The number of hydrogen-bond donors (Lipinski definition) is 0. The van der Waals surface area contributed by atoms with E-state index >= 15 is 0 Å². The fourth-order valence-electron chi connectivity index (χ4n) is 1.06. The molecule has 1 aromatic carbocycles. The first-order valence-corrected chi connectivity index (χ1v) is 6.60. The fourth-order valence-corrected chi connectivity index (χ4v) is 2.76. The van der Waals surface area contributed by atoms with Crippen LogP contribution in [0.5, 0.6) is 0 Å². The monoisotopic (exact) mass is 354 g/mol. The summed E-state index contributed by atoms with van der Waals surface area (Å²) in [4.78, 5) is 11.5. The zero-order valence-corrected chi connectivity index (χ0v) is 11.9. The SMILES string of the molecule is CCOC(=O)c1cc(CBr)c(Br)cc1Cl. The van der Waals surface area contributed by atoms with Gasteiger partial charge in [-0.1, -0.05) is 43.5 Å². The molecule has 0 unspecified atom stereocenters. The van der Waals surface area contributed by atoms with Crippen LogP contribution in [0.3, 0.4) is 0 Å². The lowest BCUT2D eigenvalue weighted by Crippen LogP contribution is -2.06. The van der Waals surface area contributed by atoms with Crippen LogP contribution in [0, 0.1) is 0 Å². The van der Waals surface area contributed by atoms with E-state index in [1.165, 1.54) is 0 Å². The van der Waals surface area contributed by atoms with Gasteiger partial charge in [-0.3, -0.25) is 0 Å². The third-order valence-electron chi connectivity index (χ3n) is 1.78. The molecule has 0 saturated heterocycles. The Bertz CT molecular complexity index is 380. The summed E-state index contributed by atoms with van der Waals surface area (Å²) in [6.45, 7) is 2.10. The quantitative estimate of drug-likeness (QED) is 0.600. The number of esters is 1. The van der Waals surface area contributed by atoms with Gasteiger partial charge in [0.25, 0.3) is 0 Å². The number of rotatable bonds is 3. The lowest BCUT2D eigenvalue weighted by molar-refractivity contribution is 0.0526. The van der Waals surface area contributed by atoms with Crippen molar-refractivity contribution in [3.8, 4) is 0 Å². The molecule has 0 aliphatic heterocycles. The summed E-state index contributed by atoms with van der Waals surface area (Å²) in [5.74, 6) is -0.391. The summed E-state index contributed by atoms with van der Waals surface area (Å²) in [6.07, 6.45) is 0. The van der Waals surface area contributed by atoms with E-state index in [2.05, 4.69) is 31.9 Å². The van der Waals surface area contributed by atoms with Gasteiger partial charge in [0.1, 0.15) is 0 Å². The van der Waals surface area contributed by atoms with E-state index in [1.54, 1.807) is 19.1 Å². The van der Waals surface area contributed by atoms with Crippen LogP contribution in [0.1, 0.15) is 22.8 Å². The van der Waals surface area contributed by atoms with Crippen LogP contribution >= 0.6 is 43.5 Å². The van der Waals surface area contributed by atoms with Crippen LogP contribution in [0.25, 0.3) is 0 Å². The summed E-state index contributed by atoms with van der Waals surface area (Å²) < 4.78 is 5.77. The van der Waals surface area contributed by atoms with Gasteiger partial charge in [-0.15, -0.1) is 0 Å². The predicted molar refractivity (Wildman–Crippen MR) is 67.7 cm³/mol. The van der Waals surface area contributed by atoms with E-state index in [4.69, 9.17) is 16.3 Å². The van der Waals surface area contributed by atoms with Gasteiger partial charge in [-0.25, -0.2) is 4.79 Å². The number of ether oxygens (including phenoxy) is 1. The number of hydrogen-bond acceptors (Lipinski definition) is 2. The minimum absolute atomic E-state index is 0.342. The second-order valence-electron chi connectivity index (χ2n) is 2.78. The smallest absolute Gasteiger partial charge is 0.339 e. The molecule has 2 nitrogen and oxygen atoms in total. The standard InChI is InChI=1S/C10H9Br2ClO2/c1-2-15-10(14)7-3-6(5-11)8(12)4-9(7)13/h3-4H,2,5H2,1H3. The Morgan fingerprint density at radius 2 is 2.20 bits per heavy atom. The molecule has 15 heavy (non-hydrogen) atoms. The van der Waals surface area contributed by atoms with E-state index in [1.807, 2.05) is 0 Å². The average molecular weight is 356 g/mol. The molecule has 82 valence electrons. The minimum Gasteiger partial charge on any atom is -0.462 e. The van der Waals surface area contributed by atoms with Crippen molar-refractivity contribution >= 4 is 49.4 Å². The predicted octanol–water partition coefficient (Wildman–Crippen LogP) is 4.17. The summed E-state index contributed by atoms with van der Waals surface area (Å²) in [6, 6.07) is 3.42. The number of halogens is 3. The maximum absolute atomic E-state index is 11.5. The Labute approximate surface area is 110 Å². The summed E-state index contributed by atoms with van der Waals surface area (Å²) >= 11 is 12.6. The Morgan fingerprint density at radius 3 is 2.73 bits per heavy atom. The number of alkyl halides is 1. The highest BCUT2D eigenvalue weighted by Crippen LogP contribution is 2.27. The van der Waals surface area contributed by atoms with Crippen molar-refractivity contribution in [1.82, 2.24) is 0 Å². The van der Waals surface area contributed by atoms with Gasteiger partial charge in [-0.05, 0) is 24.6 Å². The van der Waals surface area contributed by atoms with Crippen molar-refractivity contribution in [1.29, 1.82) is 0 Å². The van der Waals surface area contributed by atoms with Crippen molar-refractivity contribution in [3.05, 3.63) is 32.8 Å². The van der Waals surface area contributed by atoms with Crippen LogP contribution in [-0.2, 0) is 10.1 Å². The first-order chi connectivity index (χ1) is 7.10. The van der Waals surface area contributed by atoms with Crippen LogP contribution in [0.15, 0.2) is 16.6 Å². The van der Waals surface area contributed by atoms with Crippen molar-refractivity contribution in [2.75, 3.05) is 6.61 Å². The van der Waals surface area contributed by atoms with Crippen molar-refractivity contribution in [2.24, 2.45) is 0 Å². The largest absolute Gasteiger partial charge is 0.462 e. The van der Waals surface area contributed by atoms with E-state index in [-0.39, 0.29) is 0 Å². The van der Waals surface area contributed by atoms with Crippen molar-refractivity contribution in [2.45, 2.75) is 12.3 Å². The van der Waals surface area contributed by atoms with Gasteiger partial charge < -0.3 is 4.74 Å². The molecule has 0 aliphatic rings. The molecule has 1 rings (SSSR count). The first kappa shape index (κ1) is 13.0. The van der Waals surface area contributed by atoms with Crippen LogP contribution < -0.4 is 0 Å². The molecule has 0 N–H and O–H groups in total. The van der Waals surface area contributed by atoms with Gasteiger partial charge in [0.05, 0.1) is 17.2 Å². The van der Waals surface area contributed by atoms with E-state index in [0.29, 0.717) is 22.5 Å². The minimum atomic E-state index is -0.391. The first-order valence-electron chi connectivity index (χ1n) is 4.31. The molecular weight excluding hydrogens is 347 g/mol. The highest BCUT2D eigenvalue weighted by Gasteiger charge is 2.14. The van der Waals surface area contributed by atoms with Crippen LogP contribution in [-0.4, -0.2) is 12.6 Å². The topological polar surface area (TPSA) is 26.3 Å². The highest BCUT2D eigenvalue weighted by molar-refractivity contribution is 9.10. The molecule has 1 aromatic rings. The average Bonchev–Trinajstić information content (AvgIpc) is 2.18. The maximum atomic E-state index is 11.5. The van der Waals surface area contributed by atoms with Gasteiger partial charge in [0.15, 0.2) is 0 Å². The van der Waals surface area contributed by atoms with Crippen LogP contribution in [0.2, 0.25) is 5.02 Å². The summed E-state index contributed by atoms with van der Waals surface area (Å²) in [5.41, 5.74) is 1.36. The Hall–Kier alpha value is -0.0600. The van der Waals surface area contributed by atoms with Gasteiger partial charge >= 0.3 is 5.97 Å². The third-order valence-corrected chi connectivity index (χ3v) is 3.43. The van der Waals surface area contributed by atoms with E-state index < -0.39 is 5.97 Å². The zero-order valence-electron chi connectivity index (χ0n) is 8.02. The van der Waals surface area contributed by atoms with Crippen LogP contribution in [0.4, 0.5) is 0 Å². The molecule has 5 heteroatoms. The molecule has 0 atom stereocenters. The van der Waals surface area contributed by atoms with Crippen molar-refractivity contribution < 1.29 is 9.53 Å². The maximum Gasteiger partial charge on any atom is 0.339 e. The number of benzene rings is 1. The van der Waals surface area contributed by atoms with E-state index in [9.17, 15) is 4.79 Å². The summed E-state index contributed by atoms with van der Waals surface area (Å²) in [7, 11) is 0. The Balaban J connectivity index is 3.12. The lowest BCUT2D eigenvalue weighted by Gasteiger charge is -2.07. The molecule has 0 heterocycles. The molecule has 0 aliphatic carbocycles. The molecule has 0 bridgehead atoms. The molecular formula is C10H9Br2ClO2.